The molecule has 1 amide bonds. The molecule has 0 spiro atoms. The molecule has 0 aliphatic heterocycles. The molecule has 1 aliphatic carbocycles. The van der Waals surface area contributed by atoms with E-state index in [-0.39, 0.29) is 11.3 Å². The molecule has 1 aromatic carbocycles. The summed E-state index contributed by atoms with van der Waals surface area (Å²) < 4.78 is 0. The van der Waals surface area contributed by atoms with Crippen LogP contribution in [0.1, 0.15) is 19.8 Å². The molecule has 0 bridgehead atoms. The largest absolute Gasteiger partial charge is 0.337 e. The van der Waals surface area contributed by atoms with Crippen molar-refractivity contribution in [3.05, 3.63) is 42.6 Å². The van der Waals surface area contributed by atoms with Gasteiger partial charge in [-0.15, -0.1) is 0 Å². The summed E-state index contributed by atoms with van der Waals surface area (Å²) in [6.07, 6.45) is 3.68. The zero-order valence-corrected chi connectivity index (χ0v) is 12.3. The van der Waals surface area contributed by atoms with E-state index in [2.05, 4.69) is 20.3 Å². The summed E-state index contributed by atoms with van der Waals surface area (Å²) in [6.45, 7) is 2.00. The van der Waals surface area contributed by atoms with Gasteiger partial charge in [-0.1, -0.05) is 13.0 Å². The van der Waals surface area contributed by atoms with Crippen molar-refractivity contribution < 1.29 is 4.79 Å². The molecule has 0 unspecified atom stereocenters. The Morgan fingerprint density at radius 1 is 1.27 bits per heavy atom. The summed E-state index contributed by atoms with van der Waals surface area (Å²) in [7, 11) is 0. The van der Waals surface area contributed by atoms with Crippen LogP contribution in [0, 0.1) is 5.41 Å². The van der Waals surface area contributed by atoms with Gasteiger partial charge in [-0.3, -0.25) is 9.78 Å². The Balaban J connectivity index is 1.65. The average molecular weight is 292 g/mol. The highest BCUT2D eigenvalue weighted by Gasteiger charge is 2.44. The molecule has 0 atom stereocenters. The molecule has 5 nitrogen and oxygen atoms in total. The van der Waals surface area contributed by atoms with E-state index in [1.54, 1.807) is 6.20 Å². The number of aromatic nitrogens is 3. The van der Waals surface area contributed by atoms with Crippen molar-refractivity contribution in [1.82, 2.24) is 15.0 Å². The highest BCUT2D eigenvalue weighted by Crippen LogP contribution is 2.45. The summed E-state index contributed by atoms with van der Waals surface area (Å²) in [5, 5.41) is 2.98. The van der Waals surface area contributed by atoms with E-state index in [1.165, 1.54) is 0 Å². The molecule has 0 radical (unpaired) electrons. The third-order valence-electron chi connectivity index (χ3n) is 4.20. The molecule has 1 aliphatic rings. The van der Waals surface area contributed by atoms with Gasteiger partial charge in [-0.05, 0) is 43.2 Å². The first-order valence-electron chi connectivity index (χ1n) is 7.37. The van der Waals surface area contributed by atoms with Crippen LogP contribution in [-0.4, -0.2) is 20.9 Å². The second-order valence-corrected chi connectivity index (χ2v) is 6.05. The normalized spacial score (nSPS) is 15.7. The van der Waals surface area contributed by atoms with Crippen LogP contribution < -0.4 is 5.32 Å². The molecule has 22 heavy (non-hydrogen) atoms. The number of carbonyl (C=O) groups is 1. The summed E-state index contributed by atoms with van der Waals surface area (Å²) in [5.74, 6) is 0.824. The quantitative estimate of drug-likeness (QED) is 0.777. The van der Waals surface area contributed by atoms with E-state index in [9.17, 15) is 4.79 Å². The topological polar surface area (TPSA) is 70.7 Å². The summed E-state index contributed by atoms with van der Waals surface area (Å²) in [6, 6.07) is 11.4. The van der Waals surface area contributed by atoms with Crippen LogP contribution in [0.3, 0.4) is 0 Å². The molecule has 5 heteroatoms. The Kier molecular flexibility index (Phi) is 2.76. The van der Waals surface area contributed by atoms with Crippen LogP contribution >= 0.6 is 0 Å². The van der Waals surface area contributed by atoms with Crippen molar-refractivity contribution in [2.45, 2.75) is 19.8 Å². The molecule has 2 N–H and O–H groups in total. The maximum Gasteiger partial charge on any atom is 0.230 e. The first-order chi connectivity index (χ1) is 10.6. The second-order valence-electron chi connectivity index (χ2n) is 6.05. The molecule has 3 aromatic rings. The lowest BCUT2D eigenvalue weighted by Crippen LogP contribution is -2.21. The van der Waals surface area contributed by atoms with Crippen molar-refractivity contribution >= 4 is 22.6 Å². The smallest absolute Gasteiger partial charge is 0.230 e. The van der Waals surface area contributed by atoms with E-state index in [4.69, 9.17) is 0 Å². The molecule has 2 heterocycles. The first kappa shape index (κ1) is 13.0. The maximum atomic E-state index is 12.1. The van der Waals surface area contributed by atoms with Crippen molar-refractivity contribution in [2.75, 3.05) is 5.32 Å². The molecule has 110 valence electrons. The first-order valence-corrected chi connectivity index (χ1v) is 7.37. The predicted octanol–water partition coefficient (Wildman–Crippen LogP) is 3.36. The molecule has 4 rings (SSSR count). The van der Waals surface area contributed by atoms with Crippen LogP contribution in [0.15, 0.2) is 42.6 Å². The standard InChI is InChI=1S/C17H16N4O/c1-17(7-8-17)16(22)19-11-5-6-12-14(10-11)21-15(20-12)13-4-2-3-9-18-13/h2-6,9-10H,7-8H2,1H3,(H,19,22)(H,20,21). The van der Waals surface area contributed by atoms with Crippen LogP contribution in [0.4, 0.5) is 5.69 Å². The van der Waals surface area contributed by atoms with Gasteiger partial charge in [0.05, 0.1) is 11.0 Å². The van der Waals surface area contributed by atoms with E-state index in [0.29, 0.717) is 0 Å². The van der Waals surface area contributed by atoms with Gasteiger partial charge in [0, 0.05) is 17.3 Å². The zero-order chi connectivity index (χ0) is 15.2. The number of pyridine rings is 1. The number of carbonyl (C=O) groups excluding carboxylic acids is 1. The Bertz CT molecular complexity index is 849. The monoisotopic (exact) mass is 292 g/mol. The lowest BCUT2D eigenvalue weighted by Gasteiger charge is -2.09. The summed E-state index contributed by atoms with van der Waals surface area (Å²) in [5.41, 5.74) is 3.16. The predicted molar refractivity (Wildman–Crippen MR) is 85.3 cm³/mol. The zero-order valence-electron chi connectivity index (χ0n) is 12.3. The van der Waals surface area contributed by atoms with Gasteiger partial charge >= 0.3 is 0 Å². The van der Waals surface area contributed by atoms with Gasteiger partial charge in [0.1, 0.15) is 5.69 Å². The summed E-state index contributed by atoms with van der Waals surface area (Å²) >= 11 is 0. The van der Waals surface area contributed by atoms with Gasteiger partial charge in [0.25, 0.3) is 0 Å². The number of aromatic amines is 1. The number of hydrogen-bond donors (Lipinski definition) is 2. The van der Waals surface area contributed by atoms with Crippen LogP contribution in [0.25, 0.3) is 22.6 Å². The molecule has 1 fully saturated rings. The van der Waals surface area contributed by atoms with Crippen molar-refractivity contribution in [2.24, 2.45) is 5.41 Å². The van der Waals surface area contributed by atoms with Gasteiger partial charge in [0.2, 0.25) is 5.91 Å². The number of rotatable bonds is 3. The van der Waals surface area contributed by atoms with Gasteiger partial charge < -0.3 is 10.3 Å². The number of fused-ring (bicyclic) bond motifs is 1. The minimum atomic E-state index is -0.179. The van der Waals surface area contributed by atoms with E-state index in [1.807, 2.05) is 43.3 Å². The lowest BCUT2D eigenvalue weighted by molar-refractivity contribution is -0.120. The number of anilines is 1. The van der Waals surface area contributed by atoms with E-state index < -0.39 is 0 Å². The van der Waals surface area contributed by atoms with Crippen LogP contribution in [-0.2, 0) is 4.79 Å². The maximum absolute atomic E-state index is 12.1. The van der Waals surface area contributed by atoms with Gasteiger partial charge in [-0.25, -0.2) is 4.98 Å². The second kappa shape index (κ2) is 4.66. The molecule has 2 aromatic heterocycles. The minimum absolute atomic E-state index is 0.0938. The van der Waals surface area contributed by atoms with Crippen LogP contribution in [0.2, 0.25) is 0 Å². The van der Waals surface area contributed by atoms with Crippen molar-refractivity contribution in [3.63, 3.8) is 0 Å². The molecule has 1 saturated carbocycles. The third-order valence-corrected chi connectivity index (χ3v) is 4.20. The SMILES string of the molecule is CC1(C(=O)Nc2ccc3nc(-c4ccccn4)[nH]c3c2)CC1. The highest BCUT2D eigenvalue weighted by atomic mass is 16.2. The molecule has 0 saturated heterocycles. The number of H-pyrrole nitrogens is 1. The Morgan fingerprint density at radius 3 is 2.86 bits per heavy atom. The number of hydrogen-bond acceptors (Lipinski definition) is 3. The Morgan fingerprint density at radius 2 is 2.14 bits per heavy atom. The molecular formula is C17H16N4O. The van der Waals surface area contributed by atoms with Crippen molar-refractivity contribution in [3.8, 4) is 11.5 Å². The Labute approximate surface area is 127 Å². The minimum Gasteiger partial charge on any atom is -0.337 e. The lowest BCUT2D eigenvalue weighted by atomic mass is 10.1. The van der Waals surface area contributed by atoms with Gasteiger partial charge in [0.15, 0.2) is 5.82 Å². The number of nitrogens with one attached hydrogen (secondary N) is 2. The number of amides is 1. The number of benzene rings is 1. The van der Waals surface area contributed by atoms with Crippen LogP contribution in [0.5, 0.6) is 0 Å². The molecular weight excluding hydrogens is 276 g/mol. The summed E-state index contributed by atoms with van der Waals surface area (Å²) in [4.78, 5) is 24.2. The fraction of sp³-hybridized carbons (Fsp3) is 0.235. The highest BCUT2D eigenvalue weighted by molar-refractivity contribution is 5.98. The number of imidazole rings is 1. The van der Waals surface area contributed by atoms with Crippen molar-refractivity contribution in [1.29, 1.82) is 0 Å². The average Bonchev–Trinajstić information content (AvgIpc) is 3.15. The Hall–Kier alpha value is -2.69. The fourth-order valence-electron chi connectivity index (χ4n) is 2.41. The number of nitrogens with zero attached hydrogens (tertiary/aromatic N) is 2. The third kappa shape index (κ3) is 2.24. The van der Waals surface area contributed by atoms with E-state index in [0.717, 1.165) is 41.1 Å². The van der Waals surface area contributed by atoms with E-state index >= 15 is 0 Å². The van der Waals surface area contributed by atoms with Gasteiger partial charge in [-0.2, -0.15) is 0 Å². The fourth-order valence-corrected chi connectivity index (χ4v) is 2.41.